The topological polar surface area (TPSA) is 37.4 Å². The average molecular weight is 215 g/mol. The first kappa shape index (κ1) is 11.6. The summed E-state index contributed by atoms with van der Waals surface area (Å²) in [6.07, 6.45) is 4.89. The zero-order chi connectivity index (χ0) is 10.6. The molecule has 3 nitrogen and oxygen atoms in total. The van der Waals surface area contributed by atoms with Gasteiger partial charge in [-0.3, -0.25) is 9.59 Å². The number of rotatable bonds is 3. The number of carbonyl (C=O) groups is 2. The number of hydrogen-bond acceptors (Lipinski definition) is 3. The molecule has 1 rings (SSSR count). The number of Topliss-reactive ketones (excluding diaryl/α,β-unsaturated/α-hetero) is 1. The van der Waals surface area contributed by atoms with Crippen LogP contribution in [0.2, 0.25) is 0 Å². The van der Waals surface area contributed by atoms with Crippen LogP contribution in [0.3, 0.4) is 0 Å². The summed E-state index contributed by atoms with van der Waals surface area (Å²) in [4.78, 5) is 24.4. The summed E-state index contributed by atoms with van der Waals surface area (Å²) >= 11 is 1.54. The smallest absolute Gasteiger partial charge is 0.232 e. The molecule has 4 heteroatoms. The Kier molecular flexibility index (Phi) is 4.45. The van der Waals surface area contributed by atoms with Crippen LogP contribution in [-0.2, 0) is 9.59 Å². The molecule has 0 aromatic heterocycles. The number of thioether (sulfide) groups is 1. The van der Waals surface area contributed by atoms with Gasteiger partial charge in [0.1, 0.15) is 5.78 Å². The first-order valence-corrected chi connectivity index (χ1v) is 6.31. The van der Waals surface area contributed by atoms with Crippen LogP contribution >= 0.6 is 11.8 Å². The van der Waals surface area contributed by atoms with Crippen LogP contribution in [0, 0.1) is 0 Å². The number of hydrogen-bond donors (Lipinski definition) is 0. The summed E-state index contributed by atoms with van der Waals surface area (Å²) < 4.78 is 0. The van der Waals surface area contributed by atoms with E-state index in [0.717, 1.165) is 12.8 Å². The largest absolute Gasteiger partial charge is 0.342 e. The fourth-order valence-electron chi connectivity index (χ4n) is 1.74. The fourth-order valence-corrected chi connectivity index (χ4v) is 2.19. The predicted octanol–water partition coefficient (Wildman–Crippen LogP) is 1.32. The molecule has 1 fully saturated rings. The molecule has 0 radical (unpaired) electrons. The third-order valence-corrected chi connectivity index (χ3v) is 3.26. The van der Waals surface area contributed by atoms with Gasteiger partial charge in [-0.2, -0.15) is 11.8 Å². The Balaban J connectivity index is 2.40. The molecule has 0 atom stereocenters. The second-order valence-electron chi connectivity index (χ2n) is 3.71. The second kappa shape index (κ2) is 5.39. The van der Waals surface area contributed by atoms with Gasteiger partial charge in [0.25, 0.3) is 0 Å². The lowest BCUT2D eigenvalue weighted by Crippen LogP contribution is -2.40. The highest BCUT2D eigenvalue weighted by atomic mass is 32.2. The Labute approximate surface area is 89.2 Å². The van der Waals surface area contributed by atoms with Crippen LogP contribution < -0.4 is 0 Å². The summed E-state index contributed by atoms with van der Waals surface area (Å²) in [6, 6.07) is 0.285. The molecule has 0 heterocycles. The van der Waals surface area contributed by atoms with E-state index in [1.165, 1.54) is 0 Å². The van der Waals surface area contributed by atoms with Gasteiger partial charge in [-0.1, -0.05) is 0 Å². The summed E-state index contributed by atoms with van der Waals surface area (Å²) in [5.41, 5.74) is 0. The number of carbonyl (C=O) groups excluding carboxylic acids is 2. The van der Waals surface area contributed by atoms with Gasteiger partial charge in [-0.05, 0) is 19.1 Å². The van der Waals surface area contributed by atoms with Crippen molar-refractivity contribution in [3.8, 4) is 0 Å². The van der Waals surface area contributed by atoms with Gasteiger partial charge in [0, 0.05) is 25.9 Å². The zero-order valence-electron chi connectivity index (χ0n) is 8.78. The van der Waals surface area contributed by atoms with Crippen LogP contribution in [0.1, 0.15) is 25.7 Å². The fraction of sp³-hybridized carbons (Fsp3) is 0.800. The van der Waals surface area contributed by atoms with E-state index in [4.69, 9.17) is 0 Å². The summed E-state index contributed by atoms with van der Waals surface area (Å²) in [5, 5.41) is 0. The van der Waals surface area contributed by atoms with E-state index >= 15 is 0 Å². The first-order chi connectivity index (χ1) is 6.65. The quantitative estimate of drug-likeness (QED) is 0.712. The molecule has 0 aromatic carbocycles. The molecule has 1 saturated carbocycles. The molecular formula is C10H17NO2S. The molecule has 1 aliphatic carbocycles. The standard InChI is InChI=1S/C10H17NO2S/c1-11(10(13)7-14-2)8-3-5-9(12)6-4-8/h8H,3-7H2,1-2H3. The van der Waals surface area contributed by atoms with Crippen molar-refractivity contribution < 1.29 is 9.59 Å². The lowest BCUT2D eigenvalue weighted by molar-refractivity contribution is -0.131. The average Bonchev–Trinajstić information content (AvgIpc) is 2.18. The van der Waals surface area contributed by atoms with E-state index in [-0.39, 0.29) is 11.9 Å². The Bertz CT molecular complexity index is 220. The van der Waals surface area contributed by atoms with Gasteiger partial charge in [-0.15, -0.1) is 0 Å². The third kappa shape index (κ3) is 3.01. The Morgan fingerprint density at radius 2 is 2.07 bits per heavy atom. The lowest BCUT2D eigenvalue weighted by Gasteiger charge is -2.30. The maximum atomic E-state index is 11.5. The zero-order valence-corrected chi connectivity index (χ0v) is 9.60. The molecule has 0 saturated heterocycles. The van der Waals surface area contributed by atoms with Gasteiger partial charge in [0.15, 0.2) is 0 Å². The number of ketones is 1. The van der Waals surface area contributed by atoms with E-state index < -0.39 is 0 Å². The van der Waals surface area contributed by atoms with Gasteiger partial charge in [-0.25, -0.2) is 0 Å². The van der Waals surface area contributed by atoms with Gasteiger partial charge < -0.3 is 4.90 Å². The molecular weight excluding hydrogens is 198 g/mol. The maximum Gasteiger partial charge on any atom is 0.232 e. The van der Waals surface area contributed by atoms with Crippen LogP contribution in [0.15, 0.2) is 0 Å². The minimum absolute atomic E-state index is 0.178. The van der Waals surface area contributed by atoms with Crippen molar-refractivity contribution in [3.63, 3.8) is 0 Å². The molecule has 80 valence electrons. The monoisotopic (exact) mass is 215 g/mol. The SMILES string of the molecule is CSCC(=O)N(C)C1CCC(=O)CC1. The van der Waals surface area contributed by atoms with Crippen molar-refractivity contribution >= 4 is 23.5 Å². The minimum atomic E-state index is 0.178. The maximum absolute atomic E-state index is 11.5. The molecule has 1 amide bonds. The Morgan fingerprint density at radius 3 is 2.57 bits per heavy atom. The highest BCUT2D eigenvalue weighted by Gasteiger charge is 2.24. The lowest BCUT2D eigenvalue weighted by atomic mass is 9.93. The summed E-state index contributed by atoms with van der Waals surface area (Å²) in [7, 11) is 1.85. The van der Waals surface area contributed by atoms with E-state index in [9.17, 15) is 9.59 Å². The van der Waals surface area contributed by atoms with Crippen LogP contribution in [0.25, 0.3) is 0 Å². The van der Waals surface area contributed by atoms with Crippen molar-refractivity contribution in [1.29, 1.82) is 0 Å². The molecule has 0 bridgehead atoms. The van der Waals surface area contributed by atoms with E-state index in [1.54, 1.807) is 11.8 Å². The van der Waals surface area contributed by atoms with Crippen molar-refractivity contribution in [2.24, 2.45) is 0 Å². The van der Waals surface area contributed by atoms with Crippen LogP contribution in [0.5, 0.6) is 0 Å². The second-order valence-corrected chi connectivity index (χ2v) is 4.57. The predicted molar refractivity (Wildman–Crippen MR) is 58.4 cm³/mol. The molecule has 14 heavy (non-hydrogen) atoms. The molecule has 0 N–H and O–H groups in total. The van der Waals surface area contributed by atoms with Crippen molar-refractivity contribution in [2.75, 3.05) is 19.1 Å². The molecule has 1 aliphatic rings. The van der Waals surface area contributed by atoms with Crippen molar-refractivity contribution in [3.05, 3.63) is 0 Å². The summed E-state index contributed by atoms with van der Waals surface area (Å²) in [5.74, 6) is 1.06. The normalized spacial score (nSPS) is 18.3. The van der Waals surface area contributed by atoms with Gasteiger partial charge >= 0.3 is 0 Å². The van der Waals surface area contributed by atoms with E-state index in [0.29, 0.717) is 24.4 Å². The minimum Gasteiger partial charge on any atom is -0.342 e. The van der Waals surface area contributed by atoms with E-state index in [1.807, 2.05) is 18.2 Å². The molecule has 0 unspecified atom stereocenters. The van der Waals surface area contributed by atoms with E-state index in [2.05, 4.69) is 0 Å². The van der Waals surface area contributed by atoms with Crippen molar-refractivity contribution in [1.82, 2.24) is 4.90 Å². The number of amides is 1. The third-order valence-electron chi connectivity index (χ3n) is 2.72. The highest BCUT2D eigenvalue weighted by Crippen LogP contribution is 2.19. The molecule has 0 aliphatic heterocycles. The Morgan fingerprint density at radius 1 is 1.50 bits per heavy atom. The van der Waals surface area contributed by atoms with Crippen LogP contribution in [0.4, 0.5) is 0 Å². The van der Waals surface area contributed by atoms with Crippen LogP contribution in [-0.4, -0.2) is 41.7 Å². The molecule has 0 aromatic rings. The van der Waals surface area contributed by atoms with Gasteiger partial charge in [0.05, 0.1) is 5.75 Å². The molecule has 0 spiro atoms. The summed E-state index contributed by atoms with van der Waals surface area (Å²) in [6.45, 7) is 0. The van der Waals surface area contributed by atoms with Gasteiger partial charge in [0.2, 0.25) is 5.91 Å². The van der Waals surface area contributed by atoms with Crippen molar-refractivity contribution in [2.45, 2.75) is 31.7 Å². The highest BCUT2D eigenvalue weighted by molar-refractivity contribution is 7.99. The Hall–Kier alpha value is -0.510. The first-order valence-electron chi connectivity index (χ1n) is 4.91. The number of nitrogens with zero attached hydrogens (tertiary/aromatic N) is 1.